The monoisotopic (exact) mass is 211 g/mol. The number of nitrogens with two attached hydrogens (primary N) is 1. The van der Waals surface area contributed by atoms with Crippen LogP contribution in [0.4, 0.5) is 0 Å². The fourth-order valence-electron chi connectivity index (χ4n) is 2.15. The summed E-state index contributed by atoms with van der Waals surface area (Å²) in [5, 5.41) is 0. The molecule has 0 aromatic heterocycles. The molecule has 2 rings (SSSR count). The molecule has 0 unspecified atom stereocenters. The molecule has 2 N–H and O–H groups in total. The number of nitrogens with zero attached hydrogens (tertiary/aromatic N) is 2. The van der Waals surface area contributed by atoms with Gasteiger partial charge in [-0.25, -0.2) is 0 Å². The van der Waals surface area contributed by atoms with Crippen LogP contribution in [0, 0.1) is 0 Å². The fraction of sp³-hybridized carbons (Fsp3) is 0.800. The Morgan fingerprint density at radius 2 is 2.27 bits per heavy atom. The van der Waals surface area contributed by atoms with Gasteiger partial charge in [0.1, 0.15) is 0 Å². The third-order valence-electron chi connectivity index (χ3n) is 3.07. The van der Waals surface area contributed by atoms with E-state index in [1.807, 2.05) is 0 Å². The van der Waals surface area contributed by atoms with Crippen LogP contribution >= 0.6 is 0 Å². The number of carbonyl (C=O) groups is 2. The van der Waals surface area contributed by atoms with E-state index in [9.17, 15) is 9.59 Å². The van der Waals surface area contributed by atoms with Crippen molar-refractivity contribution in [1.82, 2.24) is 9.80 Å². The van der Waals surface area contributed by atoms with Crippen LogP contribution < -0.4 is 5.73 Å². The molecule has 5 nitrogen and oxygen atoms in total. The summed E-state index contributed by atoms with van der Waals surface area (Å²) in [5.74, 6) is 0.144. The van der Waals surface area contributed by atoms with Crippen LogP contribution in [0.25, 0.3) is 0 Å². The number of hydrogen-bond acceptors (Lipinski definition) is 3. The van der Waals surface area contributed by atoms with Crippen LogP contribution in [-0.4, -0.2) is 53.8 Å². The average Bonchev–Trinajstić information content (AvgIpc) is 2.77. The van der Waals surface area contributed by atoms with Crippen molar-refractivity contribution in [2.45, 2.75) is 25.3 Å². The number of rotatable bonds is 2. The van der Waals surface area contributed by atoms with Gasteiger partial charge in [-0.1, -0.05) is 0 Å². The van der Waals surface area contributed by atoms with Gasteiger partial charge in [-0.2, -0.15) is 0 Å². The van der Waals surface area contributed by atoms with E-state index in [0.29, 0.717) is 13.0 Å². The van der Waals surface area contributed by atoms with Crippen LogP contribution in [0.15, 0.2) is 0 Å². The highest BCUT2D eigenvalue weighted by molar-refractivity contribution is 5.86. The standard InChI is InChI=1S/C10H17N3O2/c11-8-3-5-13(6-8)10(15)7-12-4-1-2-9(12)14/h8H,1-7,11H2/t8-/m0/s1. The van der Waals surface area contributed by atoms with Gasteiger partial charge in [-0.3, -0.25) is 9.59 Å². The Kier molecular flexibility index (Phi) is 2.90. The molecule has 1 atom stereocenters. The minimum atomic E-state index is 0.0400. The quantitative estimate of drug-likeness (QED) is 0.648. The molecule has 5 heteroatoms. The number of carbonyl (C=O) groups excluding carboxylic acids is 2. The Balaban J connectivity index is 1.84. The Bertz CT molecular complexity index is 280. The second-order valence-corrected chi connectivity index (χ2v) is 4.31. The lowest BCUT2D eigenvalue weighted by atomic mass is 10.3. The molecule has 0 radical (unpaired) electrons. The van der Waals surface area contributed by atoms with Crippen LogP contribution in [0.3, 0.4) is 0 Å². The highest BCUT2D eigenvalue weighted by Crippen LogP contribution is 2.12. The Hall–Kier alpha value is -1.10. The normalized spacial score (nSPS) is 26.5. The van der Waals surface area contributed by atoms with Crippen LogP contribution in [0.5, 0.6) is 0 Å². The molecule has 0 aliphatic carbocycles. The average molecular weight is 211 g/mol. The van der Waals surface area contributed by atoms with Gasteiger partial charge < -0.3 is 15.5 Å². The minimum Gasteiger partial charge on any atom is -0.340 e. The van der Waals surface area contributed by atoms with Gasteiger partial charge in [0.15, 0.2) is 0 Å². The molecule has 0 bridgehead atoms. The van der Waals surface area contributed by atoms with E-state index in [1.165, 1.54) is 0 Å². The predicted molar refractivity (Wildman–Crippen MR) is 55.0 cm³/mol. The van der Waals surface area contributed by atoms with Crippen molar-refractivity contribution in [2.75, 3.05) is 26.2 Å². The summed E-state index contributed by atoms with van der Waals surface area (Å²) in [6.07, 6.45) is 2.35. The smallest absolute Gasteiger partial charge is 0.242 e. The number of likely N-dealkylation sites (tertiary alicyclic amines) is 2. The molecule has 2 aliphatic heterocycles. The summed E-state index contributed by atoms with van der Waals surface area (Å²) >= 11 is 0. The zero-order chi connectivity index (χ0) is 10.8. The van der Waals surface area contributed by atoms with Crippen LogP contribution in [0.1, 0.15) is 19.3 Å². The van der Waals surface area contributed by atoms with Crippen LogP contribution in [-0.2, 0) is 9.59 Å². The minimum absolute atomic E-state index is 0.0400. The van der Waals surface area contributed by atoms with Gasteiger partial charge in [0.2, 0.25) is 11.8 Å². The van der Waals surface area contributed by atoms with E-state index >= 15 is 0 Å². The zero-order valence-electron chi connectivity index (χ0n) is 8.82. The summed E-state index contributed by atoms with van der Waals surface area (Å²) in [7, 11) is 0. The zero-order valence-corrected chi connectivity index (χ0v) is 8.82. The first kappa shape index (κ1) is 10.4. The lowest BCUT2D eigenvalue weighted by molar-refractivity contribution is -0.137. The Labute approximate surface area is 89.2 Å². The maximum absolute atomic E-state index is 11.8. The van der Waals surface area contributed by atoms with E-state index in [0.717, 1.165) is 25.9 Å². The maximum atomic E-state index is 11.8. The lowest BCUT2D eigenvalue weighted by Gasteiger charge is -2.20. The highest BCUT2D eigenvalue weighted by atomic mass is 16.2. The summed E-state index contributed by atoms with van der Waals surface area (Å²) in [6.45, 7) is 2.35. The summed E-state index contributed by atoms with van der Waals surface area (Å²) in [6, 6.07) is 0.114. The van der Waals surface area contributed by atoms with Gasteiger partial charge in [-0.15, -0.1) is 0 Å². The second-order valence-electron chi connectivity index (χ2n) is 4.31. The van der Waals surface area contributed by atoms with Crippen molar-refractivity contribution in [2.24, 2.45) is 5.73 Å². The molecule has 84 valence electrons. The van der Waals surface area contributed by atoms with Crippen molar-refractivity contribution < 1.29 is 9.59 Å². The number of hydrogen-bond donors (Lipinski definition) is 1. The Morgan fingerprint density at radius 3 is 2.80 bits per heavy atom. The molecule has 0 saturated carbocycles. The molecule has 0 aromatic carbocycles. The topological polar surface area (TPSA) is 66.6 Å². The molecular weight excluding hydrogens is 194 g/mol. The molecular formula is C10H17N3O2. The van der Waals surface area contributed by atoms with Crippen molar-refractivity contribution >= 4 is 11.8 Å². The van der Waals surface area contributed by atoms with E-state index in [-0.39, 0.29) is 24.4 Å². The van der Waals surface area contributed by atoms with Gasteiger partial charge in [0.05, 0.1) is 6.54 Å². The molecule has 15 heavy (non-hydrogen) atoms. The highest BCUT2D eigenvalue weighted by Gasteiger charge is 2.28. The van der Waals surface area contributed by atoms with Crippen molar-refractivity contribution in [1.29, 1.82) is 0 Å². The summed E-state index contributed by atoms with van der Waals surface area (Å²) < 4.78 is 0. The second kappa shape index (κ2) is 4.18. The first-order valence-corrected chi connectivity index (χ1v) is 5.48. The van der Waals surface area contributed by atoms with Crippen LogP contribution in [0.2, 0.25) is 0 Å². The van der Waals surface area contributed by atoms with E-state index in [2.05, 4.69) is 0 Å². The summed E-state index contributed by atoms with van der Waals surface area (Å²) in [4.78, 5) is 26.5. The summed E-state index contributed by atoms with van der Waals surface area (Å²) in [5.41, 5.74) is 5.72. The molecule has 2 saturated heterocycles. The predicted octanol–water partition coefficient (Wildman–Crippen LogP) is -0.832. The molecule has 2 amide bonds. The van der Waals surface area contributed by atoms with Gasteiger partial charge in [0, 0.05) is 32.1 Å². The third kappa shape index (κ3) is 2.28. The fourth-order valence-corrected chi connectivity index (χ4v) is 2.15. The first-order valence-electron chi connectivity index (χ1n) is 5.48. The lowest BCUT2D eigenvalue weighted by Crippen LogP contribution is -2.40. The largest absolute Gasteiger partial charge is 0.340 e. The van der Waals surface area contributed by atoms with E-state index < -0.39 is 0 Å². The van der Waals surface area contributed by atoms with Crippen molar-refractivity contribution in [3.8, 4) is 0 Å². The molecule has 0 spiro atoms. The molecule has 2 aliphatic rings. The maximum Gasteiger partial charge on any atom is 0.242 e. The van der Waals surface area contributed by atoms with E-state index in [4.69, 9.17) is 5.73 Å². The third-order valence-corrected chi connectivity index (χ3v) is 3.07. The van der Waals surface area contributed by atoms with Crippen molar-refractivity contribution in [3.05, 3.63) is 0 Å². The number of amides is 2. The van der Waals surface area contributed by atoms with Gasteiger partial charge >= 0.3 is 0 Å². The first-order chi connectivity index (χ1) is 7.16. The van der Waals surface area contributed by atoms with Crippen molar-refractivity contribution in [3.63, 3.8) is 0 Å². The SMILES string of the molecule is N[C@H]1CCN(C(=O)CN2CCCC2=O)C1. The van der Waals surface area contributed by atoms with Gasteiger partial charge in [-0.05, 0) is 12.8 Å². The molecule has 2 heterocycles. The molecule has 2 fully saturated rings. The van der Waals surface area contributed by atoms with E-state index in [1.54, 1.807) is 9.80 Å². The Morgan fingerprint density at radius 1 is 1.47 bits per heavy atom. The van der Waals surface area contributed by atoms with Gasteiger partial charge in [0.25, 0.3) is 0 Å². The molecule has 0 aromatic rings.